The lowest BCUT2D eigenvalue weighted by Crippen LogP contribution is -2.44. The van der Waals surface area contributed by atoms with Gasteiger partial charge in [-0.3, -0.25) is 4.79 Å². The Kier molecular flexibility index (Phi) is 4.76. The Balaban J connectivity index is 2.77. The molecule has 0 saturated heterocycles. The van der Waals surface area contributed by atoms with Crippen LogP contribution >= 0.6 is 34.8 Å². The molecule has 7 heteroatoms. The molecule has 118 valence electrons. The second-order valence-electron chi connectivity index (χ2n) is 5.87. The van der Waals surface area contributed by atoms with Gasteiger partial charge in [-0.05, 0) is 39.0 Å². The van der Waals surface area contributed by atoms with Crippen LogP contribution in [0.25, 0.3) is 10.9 Å². The Hall–Kier alpha value is -1.23. The number of carboxylic acids is 1. The topological polar surface area (TPSA) is 53.4 Å². The molecule has 0 unspecified atom stereocenters. The van der Waals surface area contributed by atoms with E-state index in [-0.39, 0.29) is 11.7 Å². The molecule has 2 rings (SSSR count). The van der Waals surface area contributed by atoms with Crippen LogP contribution in [0.5, 0.6) is 0 Å². The number of hydrogen-bond donors (Lipinski definition) is 1. The van der Waals surface area contributed by atoms with Gasteiger partial charge in [-0.15, -0.1) is 0 Å². The van der Waals surface area contributed by atoms with Crippen molar-refractivity contribution in [3.05, 3.63) is 33.4 Å². The number of pyridine rings is 1. The van der Waals surface area contributed by atoms with Gasteiger partial charge in [0.25, 0.3) is 0 Å². The molecule has 2 aromatic rings. The zero-order chi connectivity index (χ0) is 16.7. The number of carbonyl (C=O) groups is 1. The molecule has 0 spiro atoms. The van der Waals surface area contributed by atoms with Gasteiger partial charge in [-0.25, -0.2) is 4.98 Å². The summed E-state index contributed by atoms with van der Waals surface area (Å²) in [4.78, 5) is 17.2. The summed E-state index contributed by atoms with van der Waals surface area (Å²) in [6.07, 6.45) is 0. The minimum absolute atomic E-state index is 0.167. The van der Waals surface area contributed by atoms with Crippen LogP contribution < -0.4 is 4.90 Å². The SMILES string of the molecule is CC(C)(C)N(CC(=O)O)c1cc(Cl)nc2c(Cl)c(Cl)ccc12. The summed E-state index contributed by atoms with van der Waals surface area (Å²) in [5, 5.41) is 10.8. The molecule has 0 radical (unpaired) electrons. The summed E-state index contributed by atoms with van der Waals surface area (Å²) in [6, 6.07) is 5.07. The van der Waals surface area contributed by atoms with Gasteiger partial charge < -0.3 is 10.0 Å². The van der Waals surface area contributed by atoms with Crippen molar-refractivity contribution >= 4 is 57.4 Å². The number of hydrogen-bond acceptors (Lipinski definition) is 3. The Bertz CT molecular complexity index is 742. The quantitative estimate of drug-likeness (QED) is 0.791. The van der Waals surface area contributed by atoms with Gasteiger partial charge in [-0.2, -0.15) is 0 Å². The maximum Gasteiger partial charge on any atom is 0.323 e. The third kappa shape index (κ3) is 3.40. The first-order chi connectivity index (χ1) is 10.1. The van der Waals surface area contributed by atoms with E-state index in [0.29, 0.717) is 26.6 Å². The van der Waals surface area contributed by atoms with Crippen molar-refractivity contribution in [1.29, 1.82) is 0 Å². The van der Waals surface area contributed by atoms with Crippen molar-refractivity contribution in [1.82, 2.24) is 4.98 Å². The molecule has 1 aromatic heterocycles. The summed E-state index contributed by atoms with van der Waals surface area (Å²) in [5.74, 6) is -0.934. The average molecular weight is 362 g/mol. The number of aromatic nitrogens is 1. The Morgan fingerprint density at radius 1 is 1.27 bits per heavy atom. The minimum Gasteiger partial charge on any atom is -0.480 e. The highest BCUT2D eigenvalue weighted by atomic mass is 35.5. The third-order valence-electron chi connectivity index (χ3n) is 3.21. The van der Waals surface area contributed by atoms with E-state index in [4.69, 9.17) is 34.8 Å². The molecule has 0 aliphatic carbocycles. The molecule has 1 heterocycles. The number of aliphatic carboxylic acids is 1. The second kappa shape index (κ2) is 6.11. The minimum atomic E-state index is -0.934. The third-order valence-corrected chi connectivity index (χ3v) is 4.20. The van der Waals surface area contributed by atoms with E-state index in [2.05, 4.69) is 4.98 Å². The van der Waals surface area contributed by atoms with Crippen molar-refractivity contribution in [3.63, 3.8) is 0 Å². The van der Waals surface area contributed by atoms with Gasteiger partial charge in [0.15, 0.2) is 0 Å². The van der Waals surface area contributed by atoms with Gasteiger partial charge in [-0.1, -0.05) is 34.8 Å². The molecule has 4 nitrogen and oxygen atoms in total. The zero-order valence-electron chi connectivity index (χ0n) is 12.3. The number of rotatable bonds is 3. The molecule has 1 aromatic carbocycles. The van der Waals surface area contributed by atoms with E-state index in [9.17, 15) is 9.90 Å². The number of halogens is 3. The number of carboxylic acid groups (broad SMARTS) is 1. The average Bonchev–Trinajstić information content (AvgIpc) is 2.38. The van der Waals surface area contributed by atoms with Crippen molar-refractivity contribution in [2.24, 2.45) is 0 Å². The van der Waals surface area contributed by atoms with Gasteiger partial charge >= 0.3 is 5.97 Å². The summed E-state index contributed by atoms with van der Waals surface area (Å²) in [5.41, 5.74) is 0.682. The Labute approximate surface area is 143 Å². The highest BCUT2D eigenvalue weighted by Crippen LogP contribution is 2.38. The van der Waals surface area contributed by atoms with Crippen LogP contribution in [0.2, 0.25) is 15.2 Å². The van der Waals surface area contributed by atoms with Crippen molar-refractivity contribution < 1.29 is 9.90 Å². The van der Waals surface area contributed by atoms with Crippen LogP contribution in [0.1, 0.15) is 20.8 Å². The Morgan fingerprint density at radius 3 is 2.45 bits per heavy atom. The van der Waals surface area contributed by atoms with E-state index >= 15 is 0 Å². The van der Waals surface area contributed by atoms with E-state index in [1.807, 2.05) is 20.8 Å². The van der Waals surface area contributed by atoms with Gasteiger partial charge in [0.2, 0.25) is 0 Å². The van der Waals surface area contributed by atoms with E-state index < -0.39 is 11.5 Å². The maximum absolute atomic E-state index is 11.2. The van der Waals surface area contributed by atoms with E-state index in [1.165, 1.54) is 0 Å². The molecule has 0 saturated carbocycles. The van der Waals surface area contributed by atoms with Gasteiger partial charge in [0.1, 0.15) is 11.7 Å². The van der Waals surface area contributed by atoms with Crippen LogP contribution in [-0.4, -0.2) is 28.1 Å². The largest absolute Gasteiger partial charge is 0.480 e. The lowest BCUT2D eigenvalue weighted by molar-refractivity contribution is -0.135. The summed E-state index contributed by atoms with van der Waals surface area (Å²) in [6.45, 7) is 5.61. The smallest absolute Gasteiger partial charge is 0.323 e. The first-order valence-electron chi connectivity index (χ1n) is 6.55. The van der Waals surface area contributed by atoms with Crippen molar-refractivity contribution in [2.45, 2.75) is 26.3 Å². The summed E-state index contributed by atoms with van der Waals surface area (Å²) < 4.78 is 0. The van der Waals surface area contributed by atoms with Crippen LogP contribution in [0.3, 0.4) is 0 Å². The lowest BCUT2D eigenvalue weighted by atomic mass is 10.0. The first-order valence-corrected chi connectivity index (χ1v) is 7.68. The summed E-state index contributed by atoms with van der Waals surface area (Å²) in [7, 11) is 0. The highest BCUT2D eigenvalue weighted by Gasteiger charge is 2.26. The normalized spacial score (nSPS) is 11.7. The molecular formula is C15H15Cl3N2O2. The molecule has 0 atom stereocenters. The summed E-state index contributed by atoms with van der Waals surface area (Å²) >= 11 is 18.3. The van der Waals surface area contributed by atoms with Gasteiger partial charge in [0.05, 0.1) is 21.2 Å². The predicted molar refractivity (Wildman–Crippen MR) is 91.5 cm³/mol. The monoisotopic (exact) mass is 360 g/mol. The number of anilines is 1. The number of benzene rings is 1. The van der Waals surface area contributed by atoms with Crippen molar-refractivity contribution in [2.75, 3.05) is 11.4 Å². The second-order valence-corrected chi connectivity index (χ2v) is 7.04. The molecular weight excluding hydrogens is 347 g/mol. The fraction of sp³-hybridized carbons (Fsp3) is 0.333. The predicted octanol–water partition coefficient (Wildman–Crippen LogP) is 4.88. The first kappa shape index (κ1) is 17.1. The van der Waals surface area contributed by atoms with Crippen LogP contribution in [-0.2, 0) is 4.79 Å². The molecule has 0 amide bonds. The molecule has 0 aliphatic rings. The molecule has 0 aliphatic heterocycles. The molecule has 0 bridgehead atoms. The van der Waals surface area contributed by atoms with Gasteiger partial charge in [0, 0.05) is 10.9 Å². The number of fused-ring (bicyclic) bond motifs is 1. The lowest BCUT2D eigenvalue weighted by Gasteiger charge is -2.37. The van der Waals surface area contributed by atoms with Crippen LogP contribution in [0.4, 0.5) is 5.69 Å². The fourth-order valence-corrected chi connectivity index (χ4v) is 2.78. The van der Waals surface area contributed by atoms with E-state index in [0.717, 1.165) is 0 Å². The molecule has 22 heavy (non-hydrogen) atoms. The fourth-order valence-electron chi connectivity index (χ4n) is 2.23. The highest BCUT2D eigenvalue weighted by molar-refractivity contribution is 6.45. The van der Waals surface area contributed by atoms with Crippen LogP contribution in [0, 0.1) is 0 Å². The van der Waals surface area contributed by atoms with Crippen molar-refractivity contribution in [3.8, 4) is 0 Å². The Morgan fingerprint density at radius 2 is 1.91 bits per heavy atom. The number of nitrogens with zero attached hydrogens (tertiary/aromatic N) is 2. The zero-order valence-corrected chi connectivity index (χ0v) is 14.6. The molecule has 0 fully saturated rings. The maximum atomic E-state index is 11.2. The van der Waals surface area contributed by atoms with E-state index in [1.54, 1.807) is 23.1 Å². The molecule has 1 N–H and O–H groups in total. The van der Waals surface area contributed by atoms with Crippen LogP contribution in [0.15, 0.2) is 18.2 Å². The standard InChI is InChI=1S/C15H15Cl3N2O2/c1-15(2,3)20(7-12(21)22)10-6-11(17)19-14-8(10)4-5-9(16)13(14)18/h4-6H,7H2,1-3H3,(H,21,22).